The van der Waals surface area contributed by atoms with E-state index in [1.54, 1.807) is 0 Å². The maximum absolute atomic E-state index is 6.31. The predicted molar refractivity (Wildman–Crippen MR) is 112 cm³/mol. The summed E-state index contributed by atoms with van der Waals surface area (Å²) in [6.45, 7) is 11.2. The van der Waals surface area contributed by atoms with Gasteiger partial charge in [0.05, 0.1) is 6.10 Å². The first-order valence-corrected chi connectivity index (χ1v) is 12.5. The summed E-state index contributed by atoms with van der Waals surface area (Å²) >= 11 is 2.40. The number of halogens is 1. The lowest BCUT2D eigenvalue weighted by atomic mass is 9.84. The number of rotatable bonds is 5. The average Bonchev–Trinajstić information content (AvgIpc) is 2.52. The maximum atomic E-state index is 6.31. The molecule has 23 heavy (non-hydrogen) atoms. The number of alkyl halides is 1. The maximum Gasteiger partial charge on any atom is 0.171 e. The van der Waals surface area contributed by atoms with Crippen LogP contribution in [-0.2, 0) is 8.85 Å². The minimum atomic E-state index is -1.08. The summed E-state index contributed by atoms with van der Waals surface area (Å²) in [4.78, 5) is 0. The fourth-order valence-corrected chi connectivity index (χ4v) is 4.31. The van der Waals surface area contributed by atoms with E-state index in [0.29, 0.717) is 0 Å². The van der Waals surface area contributed by atoms with Crippen molar-refractivity contribution in [2.24, 2.45) is 5.41 Å². The zero-order valence-corrected chi connectivity index (χ0v) is 18.1. The predicted octanol–water partition coefficient (Wildman–Crippen LogP) is 6.38. The summed E-state index contributed by atoms with van der Waals surface area (Å²) in [7, 11) is -1.08. The van der Waals surface area contributed by atoms with Gasteiger partial charge in [0.25, 0.3) is 0 Å². The Hall–Kier alpha value is -0.653. The first-order valence-electron chi connectivity index (χ1n) is 8.22. The molecule has 1 nitrogen and oxygen atoms in total. The molecule has 0 heterocycles. The van der Waals surface area contributed by atoms with Gasteiger partial charge in [-0.05, 0) is 40.8 Å². The van der Waals surface area contributed by atoms with Gasteiger partial charge in [-0.1, -0.05) is 91.9 Å². The van der Waals surface area contributed by atoms with Gasteiger partial charge in [0.2, 0.25) is 0 Å². The van der Waals surface area contributed by atoms with Crippen molar-refractivity contribution < 1.29 is 4.43 Å². The van der Waals surface area contributed by atoms with E-state index >= 15 is 0 Å². The smallest absolute Gasteiger partial charge is 0.171 e. The topological polar surface area (TPSA) is 9.23 Å². The molecule has 0 saturated heterocycles. The van der Waals surface area contributed by atoms with Crippen molar-refractivity contribution in [3.05, 3.63) is 59.7 Å². The van der Waals surface area contributed by atoms with E-state index in [1.807, 2.05) is 0 Å². The Morgan fingerprint density at radius 2 is 1.39 bits per heavy atom. The van der Waals surface area contributed by atoms with Gasteiger partial charge in [0, 0.05) is 4.43 Å². The summed E-state index contributed by atoms with van der Waals surface area (Å²) in [5.74, 6) is 0. The Bertz CT molecular complexity index is 612. The lowest BCUT2D eigenvalue weighted by Crippen LogP contribution is -2.25. The van der Waals surface area contributed by atoms with E-state index in [9.17, 15) is 0 Å². The summed E-state index contributed by atoms with van der Waals surface area (Å²) < 4.78 is 7.37. The fourth-order valence-electron chi connectivity index (χ4n) is 2.69. The van der Waals surface area contributed by atoms with Crippen LogP contribution in [0.3, 0.4) is 0 Å². The lowest BCUT2D eigenvalue weighted by molar-refractivity contribution is 0.0866. The monoisotopic (exact) mass is 438 g/mol. The molecular formula is C20H27IOSi. The molecule has 0 fully saturated rings. The molecule has 0 spiro atoms. The molecule has 3 heteroatoms. The van der Waals surface area contributed by atoms with Crippen molar-refractivity contribution in [3.8, 4) is 11.1 Å². The molecule has 1 unspecified atom stereocenters. The standard InChI is InChI=1S/C20H27IOSi/c1-20(2,3)19(22-23(4)5)18-12-10-17(11-13-18)16-8-6-15(14-21)7-9-16/h6-13,19,23H,14H2,1-5H3. The van der Waals surface area contributed by atoms with Crippen LogP contribution in [0.1, 0.15) is 38.0 Å². The highest BCUT2D eigenvalue weighted by molar-refractivity contribution is 14.1. The zero-order chi connectivity index (χ0) is 17.0. The van der Waals surface area contributed by atoms with Crippen LogP contribution in [0.15, 0.2) is 48.5 Å². The minimum Gasteiger partial charge on any atom is -0.413 e. The molecule has 2 rings (SSSR count). The fraction of sp³-hybridized carbons (Fsp3) is 0.400. The first-order chi connectivity index (χ1) is 10.8. The molecule has 0 aliphatic heterocycles. The Morgan fingerprint density at radius 3 is 1.78 bits per heavy atom. The highest BCUT2D eigenvalue weighted by Gasteiger charge is 2.27. The van der Waals surface area contributed by atoms with Crippen molar-refractivity contribution in [2.45, 2.75) is 44.4 Å². The average molecular weight is 438 g/mol. The molecular weight excluding hydrogens is 411 g/mol. The van der Waals surface area contributed by atoms with Crippen molar-refractivity contribution in [1.29, 1.82) is 0 Å². The third kappa shape index (κ3) is 5.16. The molecule has 1 atom stereocenters. The number of hydrogen-bond acceptors (Lipinski definition) is 1. The largest absolute Gasteiger partial charge is 0.413 e. The molecule has 0 N–H and O–H groups in total. The van der Waals surface area contributed by atoms with Crippen LogP contribution < -0.4 is 0 Å². The molecule has 0 aliphatic rings. The molecule has 2 aromatic rings. The Labute approximate surface area is 156 Å². The summed E-state index contributed by atoms with van der Waals surface area (Å²) in [6, 6.07) is 17.7. The third-order valence-corrected chi connectivity index (χ3v) is 5.55. The summed E-state index contributed by atoms with van der Waals surface area (Å²) in [5, 5.41) is 0. The molecule has 0 aromatic heterocycles. The van der Waals surface area contributed by atoms with Gasteiger partial charge in [-0.25, -0.2) is 0 Å². The second-order valence-corrected chi connectivity index (χ2v) is 10.5. The SMILES string of the molecule is C[SiH](C)OC(c1ccc(-c2ccc(CI)cc2)cc1)C(C)(C)C. The van der Waals surface area contributed by atoms with Gasteiger partial charge in [0.15, 0.2) is 9.04 Å². The molecule has 0 bridgehead atoms. The normalized spacial score (nSPS) is 13.3. The molecule has 0 aliphatic carbocycles. The van der Waals surface area contributed by atoms with Crippen LogP contribution in [-0.4, -0.2) is 9.04 Å². The van der Waals surface area contributed by atoms with Gasteiger partial charge in [0.1, 0.15) is 0 Å². The van der Waals surface area contributed by atoms with Crippen LogP contribution in [0.2, 0.25) is 13.1 Å². The van der Waals surface area contributed by atoms with Crippen LogP contribution in [0.25, 0.3) is 11.1 Å². The zero-order valence-electron chi connectivity index (χ0n) is 14.8. The Morgan fingerprint density at radius 1 is 0.913 bits per heavy atom. The van der Waals surface area contributed by atoms with Crippen LogP contribution in [0.5, 0.6) is 0 Å². The third-order valence-electron chi connectivity index (χ3n) is 3.85. The van der Waals surface area contributed by atoms with E-state index in [-0.39, 0.29) is 11.5 Å². The van der Waals surface area contributed by atoms with Gasteiger partial charge in [-0.15, -0.1) is 0 Å². The van der Waals surface area contributed by atoms with E-state index in [1.165, 1.54) is 22.3 Å². The Kier molecular flexibility index (Phi) is 6.46. The van der Waals surface area contributed by atoms with E-state index < -0.39 is 9.04 Å². The summed E-state index contributed by atoms with van der Waals surface area (Å²) in [5.41, 5.74) is 5.31. The molecule has 0 radical (unpaired) electrons. The summed E-state index contributed by atoms with van der Waals surface area (Å²) in [6.07, 6.45) is 0.171. The number of benzene rings is 2. The molecule has 0 saturated carbocycles. The minimum absolute atomic E-state index is 0.112. The van der Waals surface area contributed by atoms with Gasteiger partial charge in [-0.2, -0.15) is 0 Å². The van der Waals surface area contributed by atoms with Crippen molar-refractivity contribution in [3.63, 3.8) is 0 Å². The molecule has 124 valence electrons. The van der Waals surface area contributed by atoms with E-state index in [0.717, 1.165) is 4.43 Å². The molecule has 0 amide bonds. The van der Waals surface area contributed by atoms with Crippen LogP contribution in [0, 0.1) is 5.41 Å². The van der Waals surface area contributed by atoms with Crippen LogP contribution >= 0.6 is 22.6 Å². The van der Waals surface area contributed by atoms with Gasteiger partial charge < -0.3 is 4.43 Å². The van der Waals surface area contributed by atoms with Gasteiger partial charge in [-0.3, -0.25) is 0 Å². The van der Waals surface area contributed by atoms with Crippen molar-refractivity contribution in [1.82, 2.24) is 0 Å². The lowest BCUT2D eigenvalue weighted by Gasteiger charge is -2.33. The van der Waals surface area contributed by atoms with E-state index in [2.05, 4.69) is 105 Å². The highest BCUT2D eigenvalue weighted by atomic mass is 127. The number of hydrogen-bond donors (Lipinski definition) is 0. The van der Waals surface area contributed by atoms with Gasteiger partial charge >= 0.3 is 0 Å². The van der Waals surface area contributed by atoms with Crippen LogP contribution in [0.4, 0.5) is 0 Å². The Balaban J connectivity index is 2.25. The first kappa shape index (κ1) is 18.7. The molecule has 2 aromatic carbocycles. The van der Waals surface area contributed by atoms with E-state index in [4.69, 9.17) is 4.43 Å². The second-order valence-electron chi connectivity index (χ2n) is 7.38. The second kappa shape index (κ2) is 7.95. The quantitative estimate of drug-likeness (QED) is 0.299. The van der Waals surface area contributed by atoms with Crippen molar-refractivity contribution >= 4 is 31.6 Å². The highest BCUT2D eigenvalue weighted by Crippen LogP contribution is 2.37. The van der Waals surface area contributed by atoms with Crippen molar-refractivity contribution in [2.75, 3.05) is 0 Å².